The van der Waals surface area contributed by atoms with Crippen LogP contribution in [0.25, 0.3) is 0 Å². The summed E-state index contributed by atoms with van der Waals surface area (Å²) in [7, 11) is 0. The van der Waals surface area contributed by atoms with Crippen molar-refractivity contribution in [2.24, 2.45) is 0 Å². The Bertz CT molecular complexity index is 217. The number of amides is 1. The second kappa shape index (κ2) is 4.08. The molecule has 1 saturated heterocycles. The second-order valence-corrected chi connectivity index (χ2v) is 2.50. The first-order valence-corrected chi connectivity index (χ1v) is 3.98. The number of carbonyl (C=O) groups is 2. The molecular formula is C7H11NO5. The molecule has 1 aliphatic heterocycles. The zero-order valence-electron chi connectivity index (χ0n) is 7.23. The molecule has 0 unspecified atom stereocenters. The van der Waals surface area contributed by atoms with Crippen LogP contribution in [-0.2, 0) is 14.4 Å². The van der Waals surface area contributed by atoms with E-state index in [9.17, 15) is 9.59 Å². The van der Waals surface area contributed by atoms with Crippen LogP contribution in [0, 0.1) is 0 Å². The molecule has 1 N–H and O–H groups in total. The second-order valence-electron chi connectivity index (χ2n) is 2.50. The molecule has 1 fully saturated rings. The molecular weight excluding hydrogens is 178 g/mol. The highest BCUT2D eigenvalue weighted by atomic mass is 16.7. The summed E-state index contributed by atoms with van der Waals surface area (Å²) < 4.78 is 4.68. The van der Waals surface area contributed by atoms with Crippen molar-refractivity contribution in [1.29, 1.82) is 0 Å². The Balaban J connectivity index is 2.57. The van der Waals surface area contributed by atoms with Crippen molar-refractivity contribution in [2.75, 3.05) is 13.2 Å². The molecule has 0 aromatic heterocycles. The van der Waals surface area contributed by atoms with E-state index < -0.39 is 18.1 Å². The van der Waals surface area contributed by atoms with Gasteiger partial charge in [-0.2, -0.15) is 5.06 Å². The van der Waals surface area contributed by atoms with Gasteiger partial charge in [0.05, 0.1) is 13.2 Å². The molecule has 0 aromatic rings. The Hall–Kier alpha value is -1.30. The first kappa shape index (κ1) is 9.79. The Morgan fingerprint density at radius 2 is 2.38 bits per heavy atom. The van der Waals surface area contributed by atoms with E-state index in [0.717, 1.165) is 0 Å². The van der Waals surface area contributed by atoms with E-state index >= 15 is 0 Å². The maximum absolute atomic E-state index is 11.2. The third kappa shape index (κ3) is 2.09. The summed E-state index contributed by atoms with van der Waals surface area (Å²) in [6.07, 6.45) is -0.916. The van der Waals surface area contributed by atoms with Crippen LogP contribution >= 0.6 is 0 Å². The Labute approximate surface area is 75.0 Å². The van der Waals surface area contributed by atoms with Gasteiger partial charge in [0.25, 0.3) is 0 Å². The van der Waals surface area contributed by atoms with Gasteiger partial charge in [-0.3, -0.25) is 4.84 Å². The molecule has 0 saturated carbocycles. The Morgan fingerprint density at radius 3 is 2.92 bits per heavy atom. The van der Waals surface area contributed by atoms with Gasteiger partial charge in [0.2, 0.25) is 0 Å². The number of nitrogens with zero attached hydrogens (tertiary/aromatic N) is 1. The first-order valence-electron chi connectivity index (χ1n) is 3.98. The summed E-state index contributed by atoms with van der Waals surface area (Å²) in [5.41, 5.74) is 0. The summed E-state index contributed by atoms with van der Waals surface area (Å²) in [6, 6.07) is -0.808. The normalized spacial score (nSPS) is 21.6. The number of hydrogen-bond acceptors (Lipinski definition) is 4. The minimum atomic E-state index is -1.27. The molecule has 1 aliphatic rings. The van der Waals surface area contributed by atoms with Crippen molar-refractivity contribution < 1.29 is 24.3 Å². The lowest BCUT2D eigenvalue weighted by molar-refractivity contribution is -0.161. The minimum Gasteiger partial charge on any atom is -0.464 e. The number of carboxylic acid groups (broad SMARTS) is 1. The van der Waals surface area contributed by atoms with E-state index in [2.05, 4.69) is 4.74 Å². The molecule has 6 nitrogen and oxygen atoms in total. The van der Waals surface area contributed by atoms with Gasteiger partial charge in [-0.15, -0.1) is 0 Å². The summed E-state index contributed by atoms with van der Waals surface area (Å²) in [4.78, 5) is 26.4. The lowest BCUT2D eigenvalue weighted by Crippen LogP contribution is -2.39. The lowest BCUT2D eigenvalue weighted by atomic mass is 10.2. The van der Waals surface area contributed by atoms with Crippen LogP contribution in [0.1, 0.15) is 13.3 Å². The minimum absolute atomic E-state index is 0.232. The number of hydroxylamine groups is 2. The van der Waals surface area contributed by atoms with Crippen molar-refractivity contribution in [1.82, 2.24) is 5.06 Å². The number of carbonyl (C=O) groups excluding carboxylic acids is 1. The lowest BCUT2D eigenvalue weighted by Gasteiger charge is -2.16. The molecule has 1 rings (SSSR count). The maximum atomic E-state index is 11.2. The van der Waals surface area contributed by atoms with Crippen molar-refractivity contribution in [3.63, 3.8) is 0 Å². The van der Waals surface area contributed by atoms with Gasteiger partial charge in [-0.1, -0.05) is 0 Å². The fraction of sp³-hybridized carbons (Fsp3) is 0.714. The van der Waals surface area contributed by atoms with E-state index in [1.54, 1.807) is 6.92 Å². The molecule has 13 heavy (non-hydrogen) atoms. The standard InChI is InChI=1S/C7H11NO5/c1-2-12-6(9)5-3-4-13-8(5)7(10)11/h5H,2-4H2,1H3,(H,10,11)/t5-/m0/s1. The fourth-order valence-corrected chi connectivity index (χ4v) is 1.11. The zero-order valence-corrected chi connectivity index (χ0v) is 7.23. The molecule has 0 bridgehead atoms. The maximum Gasteiger partial charge on any atom is 0.432 e. The molecule has 6 heteroatoms. The molecule has 0 aromatic carbocycles. The molecule has 1 atom stereocenters. The SMILES string of the molecule is CCOC(=O)[C@@H]1CCON1C(=O)O. The molecule has 74 valence electrons. The molecule has 0 spiro atoms. The Morgan fingerprint density at radius 1 is 1.69 bits per heavy atom. The van der Waals surface area contributed by atoms with Gasteiger partial charge < -0.3 is 9.84 Å². The number of hydrogen-bond donors (Lipinski definition) is 1. The van der Waals surface area contributed by atoms with Gasteiger partial charge in [0, 0.05) is 6.42 Å². The van der Waals surface area contributed by atoms with Gasteiger partial charge >= 0.3 is 12.1 Å². The average Bonchev–Trinajstić information content (AvgIpc) is 2.52. The van der Waals surface area contributed by atoms with Crippen LogP contribution in [0.15, 0.2) is 0 Å². The van der Waals surface area contributed by atoms with Gasteiger partial charge in [-0.25, -0.2) is 9.59 Å². The predicted molar refractivity (Wildman–Crippen MR) is 40.9 cm³/mol. The summed E-state index contributed by atoms with van der Waals surface area (Å²) in [6.45, 7) is 2.14. The van der Waals surface area contributed by atoms with Crippen LogP contribution in [0.4, 0.5) is 4.79 Å². The highest BCUT2D eigenvalue weighted by Crippen LogP contribution is 2.15. The monoisotopic (exact) mass is 189 g/mol. The predicted octanol–water partition coefficient (Wildman–Crippen LogP) is 0.233. The van der Waals surface area contributed by atoms with Crippen LogP contribution in [-0.4, -0.2) is 41.5 Å². The quantitative estimate of drug-likeness (QED) is 0.629. The first-order chi connectivity index (χ1) is 6.16. The molecule has 1 amide bonds. The van der Waals surface area contributed by atoms with Gasteiger partial charge in [-0.05, 0) is 6.92 Å². The Kier molecular flexibility index (Phi) is 3.07. The number of esters is 1. The van der Waals surface area contributed by atoms with E-state index in [1.807, 2.05) is 0 Å². The zero-order chi connectivity index (χ0) is 9.84. The van der Waals surface area contributed by atoms with Crippen LogP contribution < -0.4 is 0 Å². The van der Waals surface area contributed by atoms with Crippen molar-refractivity contribution in [2.45, 2.75) is 19.4 Å². The van der Waals surface area contributed by atoms with E-state index in [4.69, 9.17) is 9.94 Å². The van der Waals surface area contributed by atoms with Gasteiger partial charge in [0.15, 0.2) is 6.04 Å². The fourth-order valence-electron chi connectivity index (χ4n) is 1.11. The number of ether oxygens (including phenoxy) is 1. The summed E-state index contributed by atoms with van der Waals surface area (Å²) in [5, 5.41) is 9.23. The van der Waals surface area contributed by atoms with Crippen molar-refractivity contribution in [3.8, 4) is 0 Å². The average molecular weight is 189 g/mol. The largest absolute Gasteiger partial charge is 0.464 e. The molecule has 0 aliphatic carbocycles. The topological polar surface area (TPSA) is 76.1 Å². The summed E-state index contributed by atoms with van der Waals surface area (Å²) in [5.74, 6) is -0.553. The molecule has 1 heterocycles. The highest BCUT2D eigenvalue weighted by molar-refractivity contribution is 5.80. The smallest absolute Gasteiger partial charge is 0.432 e. The van der Waals surface area contributed by atoms with Crippen LogP contribution in [0.3, 0.4) is 0 Å². The van der Waals surface area contributed by atoms with Gasteiger partial charge in [0.1, 0.15) is 0 Å². The van der Waals surface area contributed by atoms with Crippen LogP contribution in [0.5, 0.6) is 0 Å². The van der Waals surface area contributed by atoms with Crippen LogP contribution in [0.2, 0.25) is 0 Å². The van der Waals surface area contributed by atoms with E-state index in [1.165, 1.54) is 0 Å². The third-order valence-corrected chi connectivity index (χ3v) is 1.65. The highest BCUT2D eigenvalue weighted by Gasteiger charge is 2.36. The molecule has 0 radical (unpaired) electrons. The van der Waals surface area contributed by atoms with Crippen molar-refractivity contribution in [3.05, 3.63) is 0 Å². The van der Waals surface area contributed by atoms with E-state index in [-0.39, 0.29) is 13.2 Å². The van der Waals surface area contributed by atoms with Crippen molar-refractivity contribution >= 4 is 12.1 Å². The van der Waals surface area contributed by atoms with E-state index in [0.29, 0.717) is 11.5 Å². The summed E-state index contributed by atoms with van der Waals surface area (Å²) >= 11 is 0. The third-order valence-electron chi connectivity index (χ3n) is 1.65. The number of rotatable bonds is 2.